The van der Waals surface area contributed by atoms with Crippen LogP contribution in [0.25, 0.3) is 5.76 Å². The number of benzene rings is 3. The second kappa shape index (κ2) is 8.17. The van der Waals surface area contributed by atoms with Crippen molar-refractivity contribution in [2.75, 3.05) is 0 Å². The van der Waals surface area contributed by atoms with Gasteiger partial charge >= 0.3 is 6.18 Å². The minimum atomic E-state index is -4.42. The zero-order valence-electron chi connectivity index (χ0n) is 17.3. The van der Waals surface area contributed by atoms with E-state index in [-0.39, 0.29) is 17.2 Å². The number of halogens is 5. The van der Waals surface area contributed by atoms with Crippen molar-refractivity contribution in [3.05, 3.63) is 99.8 Å². The van der Waals surface area contributed by atoms with Crippen LogP contribution in [0.3, 0.4) is 0 Å². The second-order valence-corrected chi connectivity index (χ2v) is 8.48. The van der Waals surface area contributed by atoms with Crippen LogP contribution in [0.5, 0.6) is 11.5 Å². The van der Waals surface area contributed by atoms with Gasteiger partial charge in [0, 0.05) is 17.0 Å². The van der Waals surface area contributed by atoms with Crippen molar-refractivity contribution in [2.24, 2.45) is 0 Å². The van der Waals surface area contributed by atoms with Crippen molar-refractivity contribution < 1.29 is 27.0 Å². The van der Waals surface area contributed by atoms with Crippen molar-refractivity contribution >= 4 is 17.4 Å². The number of fused-ring (bicyclic) bond motifs is 1. The molecule has 1 aliphatic heterocycles. The van der Waals surface area contributed by atoms with Crippen LogP contribution in [0.4, 0.5) is 17.6 Å². The molecule has 0 unspecified atom stereocenters. The molecule has 0 saturated heterocycles. The lowest BCUT2D eigenvalue weighted by Gasteiger charge is -2.31. The van der Waals surface area contributed by atoms with Gasteiger partial charge in [-0.25, -0.2) is 4.39 Å². The molecule has 0 radical (unpaired) electrons. The van der Waals surface area contributed by atoms with E-state index in [2.05, 4.69) is 0 Å². The van der Waals surface area contributed by atoms with Gasteiger partial charge in [0.25, 0.3) is 0 Å². The van der Waals surface area contributed by atoms with Gasteiger partial charge in [-0.3, -0.25) is 0 Å². The Hall–Kier alpha value is -2.99. The fraction of sp³-hybridized carbons (Fsp3) is 0.200. The molecule has 3 aromatic carbocycles. The van der Waals surface area contributed by atoms with Crippen LogP contribution in [-0.2, 0) is 18.2 Å². The second-order valence-electron chi connectivity index (χ2n) is 8.07. The van der Waals surface area contributed by atoms with Crippen molar-refractivity contribution in [2.45, 2.75) is 32.0 Å². The van der Waals surface area contributed by atoms with Gasteiger partial charge in [-0.1, -0.05) is 49.7 Å². The third kappa shape index (κ3) is 4.46. The molecule has 0 aromatic heterocycles. The molecule has 2 nitrogen and oxygen atoms in total. The smallest absolute Gasteiger partial charge is 0.416 e. The van der Waals surface area contributed by atoms with Crippen molar-refractivity contribution in [1.29, 1.82) is 0 Å². The molecule has 0 saturated carbocycles. The Morgan fingerprint density at radius 2 is 1.75 bits per heavy atom. The summed E-state index contributed by atoms with van der Waals surface area (Å²) in [5, 5.41) is 0.229. The summed E-state index contributed by atoms with van der Waals surface area (Å²) in [6.07, 6.45) is -2.61. The van der Waals surface area contributed by atoms with Gasteiger partial charge in [-0.05, 0) is 42.0 Å². The van der Waals surface area contributed by atoms with Gasteiger partial charge in [0.15, 0.2) is 0 Å². The molecule has 166 valence electrons. The maximum absolute atomic E-state index is 14.5. The first-order valence-electron chi connectivity index (χ1n) is 9.83. The number of hydrogen-bond acceptors (Lipinski definition) is 2. The number of ether oxygens (including phenoxy) is 2. The minimum absolute atomic E-state index is 0.0477. The third-order valence-corrected chi connectivity index (χ3v) is 5.54. The van der Waals surface area contributed by atoms with Crippen molar-refractivity contribution in [1.82, 2.24) is 0 Å². The molecule has 0 N–H and O–H groups in total. The first-order valence-corrected chi connectivity index (χ1v) is 10.2. The monoisotopic (exact) mass is 462 g/mol. The molecule has 0 fully saturated rings. The fourth-order valence-corrected chi connectivity index (χ4v) is 3.88. The highest BCUT2D eigenvalue weighted by Gasteiger charge is 2.32. The summed E-state index contributed by atoms with van der Waals surface area (Å²) >= 11 is 6.21. The Kier molecular flexibility index (Phi) is 5.67. The summed E-state index contributed by atoms with van der Waals surface area (Å²) in [6.45, 7) is 3.88. The molecule has 3 aromatic rings. The first kappa shape index (κ1) is 22.2. The van der Waals surface area contributed by atoms with Crippen LogP contribution >= 0.6 is 11.6 Å². The van der Waals surface area contributed by atoms with Crippen LogP contribution in [0.15, 0.2) is 66.7 Å². The van der Waals surface area contributed by atoms with Gasteiger partial charge in [-0.2, -0.15) is 13.2 Å². The molecule has 0 atom stereocenters. The lowest BCUT2D eigenvalue weighted by molar-refractivity contribution is -0.137. The lowest BCUT2D eigenvalue weighted by Crippen LogP contribution is -2.21. The Labute approximate surface area is 188 Å². The zero-order chi connectivity index (χ0) is 23.1. The summed E-state index contributed by atoms with van der Waals surface area (Å²) in [5.41, 5.74) is 0.208. The molecular weight excluding hydrogens is 444 g/mol. The zero-order valence-corrected chi connectivity index (χ0v) is 18.0. The molecule has 32 heavy (non-hydrogen) atoms. The number of hydrogen-bond donors (Lipinski definition) is 0. The Morgan fingerprint density at radius 3 is 2.47 bits per heavy atom. The largest absolute Gasteiger partial charge is 0.489 e. The molecule has 1 aliphatic rings. The van der Waals surface area contributed by atoms with E-state index in [0.29, 0.717) is 22.8 Å². The number of rotatable bonds is 4. The summed E-state index contributed by atoms with van der Waals surface area (Å²) < 4.78 is 64.9. The Balaban J connectivity index is 1.60. The predicted molar refractivity (Wildman–Crippen MR) is 115 cm³/mol. The van der Waals surface area contributed by atoms with Crippen LogP contribution in [-0.4, -0.2) is 0 Å². The maximum atomic E-state index is 14.5. The van der Waals surface area contributed by atoms with E-state index in [1.54, 1.807) is 24.3 Å². The van der Waals surface area contributed by atoms with Gasteiger partial charge in [0.05, 0.1) is 16.1 Å². The Bertz CT molecular complexity index is 1180. The lowest BCUT2D eigenvalue weighted by atomic mass is 9.81. The van der Waals surface area contributed by atoms with Crippen LogP contribution < -0.4 is 9.47 Å². The molecule has 4 rings (SSSR count). The molecule has 0 aliphatic carbocycles. The van der Waals surface area contributed by atoms with Crippen LogP contribution in [0, 0.1) is 5.82 Å². The van der Waals surface area contributed by atoms with Crippen molar-refractivity contribution in [3.8, 4) is 11.5 Å². The average Bonchev–Trinajstić information content (AvgIpc) is 2.71. The highest BCUT2D eigenvalue weighted by Crippen LogP contribution is 2.44. The van der Waals surface area contributed by atoms with E-state index in [1.807, 2.05) is 26.0 Å². The third-order valence-electron chi connectivity index (χ3n) is 5.23. The molecule has 7 heteroatoms. The summed E-state index contributed by atoms with van der Waals surface area (Å²) in [6, 6.07) is 14.6. The minimum Gasteiger partial charge on any atom is -0.489 e. The Morgan fingerprint density at radius 1 is 1.00 bits per heavy atom. The van der Waals surface area contributed by atoms with Crippen molar-refractivity contribution in [3.63, 3.8) is 0 Å². The number of allylic oxidation sites excluding steroid dienone is 1. The van der Waals surface area contributed by atoms with E-state index in [0.717, 1.165) is 17.7 Å². The van der Waals surface area contributed by atoms with Gasteiger partial charge in [0.1, 0.15) is 29.7 Å². The summed E-state index contributed by atoms with van der Waals surface area (Å²) in [5.74, 6) is 0.673. The molecule has 0 amide bonds. The van der Waals surface area contributed by atoms with Gasteiger partial charge in [0.2, 0.25) is 0 Å². The standard InChI is InChI=1S/C25H19ClF4O2/c1-24(2)13-22(23-19(26)7-4-8-20(23)27)32-21-12-17(9-10-18(21)24)31-14-15-5-3-6-16(11-15)25(28,29)30/h3-13H,14H2,1-2H3. The van der Waals surface area contributed by atoms with E-state index in [4.69, 9.17) is 21.1 Å². The summed E-state index contributed by atoms with van der Waals surface area (Å²) in [7, 11) is 0. The normalized spacial score (nSPS) is 14.9. The quantitative estimate of drug-likeness (QED) is 0.368. The molecule has 1 heterocycles. The van der Waals surface area contributed by atoms with E-state index in [1.165, 1.54) is 18.2 Å². The van der Waals surface area contributed by atoms with E-state index >= 15 is 0 Å². The summed E-state index contributed by atoms with van der Waals surface area (Å²) in [4.78, 5) is 0. The SMILES string of the molecule is CC1(C)C=C(c2c(F)cccc2Cl)Oc2cc(OCc3cccc(C(F)(F)F)c3)ccc21. The highest BCUT2D eigenvalue weighted by atomic mass is 35.5. The van der Waals surface area contributed by atoms with Gasteiger partial charge < -0.3 is 9.47 Å². The van der Waals surface area contributed by atoms with Crippen LogP contribution in [0.1, 0.15) is 36.1 Å². The molecular formula is C25H19ClF4O2. The van der Waals surface area contributed by atoms with E-state index < -0.39 is 23.0 Å². The topological polar surface area (TPSA) is 18.5 Å². The molecule has 0 bridgehead atoms. The van der Waals surface area contributed by atoms with E-state index in [9.17, 15) is 17.6 Å². The van der Waals surface area contributed by atoms with Gasteiger partial charge in [-0.15, -0.1) is 0 Å². The first-order chi connectivity index (χ1) is 15.0. The molecule has 0 spiro atoms. The average molecular weight is 463 g/mol. The predicted octanol–water partition coefficient (Wildman–Crippen LogP) is 7.79. The fourth-order valence-electron chi connectivity index (χ4n) is 3.62. The maximum Gasteiger partial charge on any atom is 0.416 e. The highest BCUT2D eigenvalue weighted by molar-refractivity contribution is 6.32. The van der Waals surface area contributed by atoms with Crippen LogP contribution in [0.2, 0.25) is 5.02 Å². The number of alkyl halides is 3.